The normalized spacial score (nSPS) is 17.1. The molecule has 2 amide bonds. The summed E-state index contributed by atoms with van der Waals surface area (Å²) in [6.45, 7) is 11.5. The number of carbonyl (C=O) groups is 2. The van der Waals surface area contributed by atoms with Crippen molar-refractivity contribution in [1.29, 1.82) is 0 Å². The number of hydrogen-bond donors (Lipinski definition) is 0. The molecule has 1 aliphatic rings. The summed E-state index contributed by atoms with van der Waals surface area (Å²) in [4.78, 5) is 29.7. The molecule has 0 bridgehead atoms. The molecule has 0 aliphatic carbocycles. The first-order valence-corrected chi connectivity index (χ1v) is 10.00. The lowest BCUT2D eigenvalue weighted by Gasteiger charge is -2.28. The topological polar surface area (TPSA) is 40.6 Å². The highest BCUT2D eigenvalue weighted by Gasteiger charge is 2.38. The number of para-hydroxylation sites is 1. The number of rotatable bonds is 4. The highest BCUT2D eigenvalue weighted by Crippen LogP contribution is 2.35. The van der Waals surface area contributed by atoms with Crippen LogP contribution in [0.15, 0.2) is 48.5 Å². The van der Waals surface area contributed by atoms with Crippen molar-refractivity contribution in [1.82, 2.24) is 0 Å². The number of nitrogens with zero attached hydrogens (tertiary/aromatic N) is 2. The quantitative estimate of drug-likeness (QED) is 0.774. The second-order valence-electron chi connectivity index (χ2n) is 8.59. The highest BCUT2D eigenvalue weighted by molar-refractivity contribution is 6.04. The van der Waals surface area contributed by atoms with Crippen LogP contribution in [-0.4, -0.2) is 24.9 Å². The van der Waals surface area contributed by atoms with Crippen LogP contribution >= 0.6 is 0 Å². The van der Waals surface area contributed by atoms with E-state index in [0.717, 1.165) is 22.5 Å². The molecule has 1 saturated heterocycles. The van der Waals surface area contributed by atoms with Gasteiger partial charge in [-0.1, -0.05) is 51.1 Å². The third-order valence-electron chi connectivity index (χ3n) is 5.37. The van der Waals surface area contributed by atoms with Crippen molar-refractivity contribution >= 4 is 23.2 Å². The molecular formula is C24H30N2O2. The fourth-order valence-corrected chi connectivity index (χ4v) is 3.93. The molecule has 4 nitrogen and oxygen atoms in total. The number of carbonyl (C=O) groups excluding carboxylic acids is 2. The van der Waals surface area contributed by atoms with E-state index in [1.807, 2.05) is 56.3 Å². The van der Waals surface area contributed by atoms with E-state index < -0.39 is 0 Å². The maximum Gasteiger partial charge on any atom is 0.232 e. The zero-order valence-corrected chi connectivity index (χ0v) is 17.5. The minimum Gasteiger partial charge on any atom is -0.312 e. The number of hydrogen-bond acceptors (Lipinski definition) is 2. The van der Waals surface area contributed by atoms with Crippen molar-refractivity contribution in [2.45, 2.75) is 46.5 Å². The Morgan fingerprint density at radius 3 is 2.50 bits per heavy atom. The number of aryl methyl sites for hydroxylation is 1. The van der Waals surface area contributed by atoms with Gasteiger partial charge in [-0.05, 0) is 48.6 Å². The molecule has 0 radical (unpaired) electrons. The maximum atomic E-state index is 13.2. The smallest absolute Gasteiger partial charge is 0.232 e. The van der Waals surface area contributed by atoms with E-state index in [2.05, 4.69) is 26.8 Å². The Balaban J connectivity index is 1.86. The van der Waals surface area contributed by atoms with Gasteiger partial charge < -0.3 is 9.80 Å². The molecular weight excluding hydrogens is 348 g/mol. The molecule has 2 aromatic rings. The molecule has 28 heavy (non-hydrogen) atoms. The van der Waals surface area contributed by atoms with Gasteiger partial charge in [0.25, 0.3) is 0 Å². The lowest BCUT2D eigenvalue weighted by molar-refractivity contribution is -0.124. The van der Waals surface area contributed by atoms with Gasteiger partial charge in [-0.2, -0.15) is 0 Å². The van der Waals surface area contributed by atoms with E-state index >= 15 is 0 Å². The van der Waals surface area contributed by atoms with E-state index in [9.17, 15) is 9.59 Å². The van der Waals surface area contributed by atoms with E-state index in [-0.39, 0.29) is 29.6 Å². The molecule has 1 aliphatic heterocycles. The van der Waals surface area contributed by atoms with Crippen molar-refractivity contribution in [3.63, 3.8) is 0 Å². The molecule has 0 aromatic heterocycles. The first-order valence-electron chi connectivity index (χ1n) is 10.00. The molecule has 1 atom stereocenters. The van der Waals surface area contributed by atoms with Crippen molar-refractivity contribution in [3.05, 3.63) is 59.7 Å². The summed E-state index contributed by atoms with van der Waals surface area (Å²) in [7, 11) is 0. The minimum atomic E-state index is -0.319. The summed E-state index contributed by atoms with van der Waals surface area (Å²) >= 11 is 0. The van der Waals surface area contributed by atoms with Crippen molar-refractivity contribution in [2.24, 2.45) is 5.92 Å². The third-order valence-corrected chi connectivity index (χ3v) is 5.37. The van der Waals surface area contributed by atoms with Crippen LogP contribution in [0, 0.1) is 12.8 Å². The van der Waals surface area contributed by atoms with E-state index in [4.69, 9.17) is 0 Å². The zero-order valence-electron chi connectivity index (χ0n) is 17.5. The highest BCUT2D eigenvalue weighted by atomic mass is 16.2. The van der Waals surface area contributed by atoms with Gasteiger partial charge in [-0.3, -0.25) is 9.59 Å². The Labute approximate surface area is 168 Å². The summed E-state index contributed by atoms with van der Waals surface area (Å²) < 4.78 is 0. The van der Waals surface area contributed by atoms with Gasteiger partial charge in [-0.15, -0.1) is 0 Å². The first kappa shape index (κ1) is 20.1. The van der Waals surface area contributed by atoms with Crippen LogP contribution in [0.25, 0.3) is 0 Å². The summed E-state index contributed by atoms with van der Waals surface area (Å²) in [5, 5.41) is 0. The molecule has 2 aromatic carbocycles. The average Bonchev–Trinajstić information content (AvgIpc) is 3.03. The lowest BCUT2D eigenvalue weighted by atomic mass is 9.85. The van der Waals surface area contributed by atoms with Crippen LogP contribution in [0.4, 0.5) is 11.4 Å². The van der Waals surface area contributed by atoms with Gasteiger partial charge in [0.1, 0.15) is 0 Å². The fourth-order valence-electron chi connectivity index (χ4n) is 3.93. The van der Waals surface area contributed by atoms with Crippen molar-refractivity contribution < 1.29 is 9.59 Å². The van der Waals surface area contributed by atoms with Gasteiger partial charge in [0, 0.05) is 30.9 Å². The molecule has 0 saturated carbocycles. The maximum absolute atomic E-state index is 13.2. The number of amides is 2. The summed E-state index contributed by atoms with van der Waals surface area (Å²) in [6, 6.07) is 16.0. The van der Waals surface area contributed by atoms with Crippen molar-refractivity contribution in [2.75, 3.05) is 22.9 Å². The Bertz CT molecular complexity index is 882. The Morgan fingerprint density at radius 2 is 1.86 bits per heavy atom. The van der Waals surface area contributed by atoms with Crippen LogP contribution in [0.1, 0.15) is 45.2 Å². The Kier molecular flexibility index (Phi) is 5.59. The SMILES string of the molecule is CCN(C(=O)C1CC(=O)N(c2ccccc2C(C)(C)C)C1)c1cccc(C)c1. The van der Waals surface area contributed by atoms with E-state index in [0.29, 0.717) is 13.1 Å². The van der Waals surface area contributed by atoms with Gasteiger partial charge >= 0.3 is 0 Å². The molecule has 0 N–H and O–H groups in total. The van der Waals surface area contributed by atoms with Crippen LogP contribution in [-0.2, 0) is 15.0 Å². The molecule has 4 heteroatoms. The molecule has 1 fully saturated rings. The second kappa shape index (κ2) is 7.78. The van der Waals surface area contributed by atoms with E-state index in [1.54, 1.807) is 9.80 Å². The molecule has 0 spiro atoms. The molecule has 3 rings (SSSR count). The van der Waals surface area contributed by atoms with Crippen LogP contribution in [0.2, 0.25) is 0 Å². The van der Waals surface area contributed by atoms with Gasteiger partial charge in [0.2, 0.25) is 11.8 Å². The standard InChI is InChI=1S/C24H30N2O2/c1-6-25(19-11-9-10-17(2)14-19)23(28)18-15-22(27)26(16-18)21-13-8-7-12-20(21)24(3,4)5/h7-14,18H,6,15-16H2,1-5H3. The number of benzene rings is 2. The van der Waals surface area contributed by atoms with E-state index in [1.165, 1.54) is 0 Å². The molecule has 148 valence electrons. The zero-order chi connectivity index (χ0) is 20.5. The second-order valence-corrected chi connectivity index (χ2v) is 8.59. The summed E-state index contributed by atoms with van der Waals surface area (Å²) in [5.74, 6) is -0.270. The summed E-state index contributed by atoms with van der Waals surface area (Å²) in [5.41, 5.74) is 3.99. The average molecular weight is 379 g/mol. The third kappa shape index (κ3) is 3.96. The summed E-state index contributed by atoms with van der Waals surface area (Å²) in [6.07, 6.45) is 0.264. The lowest BCUT2D eigenvalue weighted by Crippen LogP contribution is -2.37. The van der Waals surface area contributed by atoms with Crippen LogP contribution in [0.3, 0.4) is 0 Å². The van der Waals surface area contributed by atoms with Gasteiger partial charge in [0.05, 0.1) is 5.92 Å². The Hall–Kier alpha value is -2.62. The minimum absolute atomic E-state index is 0.0235. The Morgan fingerprint density at radius 1 is 1.14 bits per heavy atom. The fraction of sp³-hybridized carbons (Fsp3) is 0.417. The van der Waals surface area contributed by atoms with Crippen LogP contribution < -0.4 is 9.80 Å². The first-order chi connectivity index (χ1) is 13.2. The van der Waals surface area contributed by atoms with Crippen molar-refractivity contribution in [3.8, 4) is 0 Å². The molecule has 1 unspecified atom stereocenters. The van der Waals surface area contributed by atoms with Gasteiger partial charge in [0.15, 0.2) is 0 Å². The van der Waals surface area contributed by atoms with Gasteiger partial charge in [-0.25, -0.2) is 0 Å². The largest absolute Gasteiger partial charge is 0.312 e. The number of anilines is 2. The predicted octanol–water partition coefficient (Wildman–Crippen LogP) is 4.70. The monoisotopic (exact) mass is 378 g/mol. The molecule has 1 heterocycles. The predicted molar refractivity (Wildman–Crippen MR) is 115 cm³/mol. The van der Waals surface area contributed by atoms with Crippen LogP contribution in [0.5, 0.6) is 0 Å².